The van der Waals surface area contributed by atoms with E-state index < -0.39 is 18.0 Å². The highest BCUT2D eigenvalue weighted by molar-refractivity contribution is 5.99. The van der Waals surface area contributed by atoms with E-state index in [2.05, 4.69) is 15.6 Å². The van der Waals surface area contributed by atoms with E-state index in [-0.39, 0.29) is 48.1 Å². The third-order valence-corrected chi connectivity index (χ3v) is 10.7. The number of piperazine rings is 1. The number of aryl methyl sites for hydroxylation is 1. The van der Waals surface area contributed by atoms with Crippen LogP contribution in [-0.2, 0) is 23.9 Å². The fraction of sp³-hybridized carbons (Fsp3) is 0.632. The van der Waals surface area contributed by atoms with Crippen LogP contribution in [0.4, 0.5) is 4.79 Å². The summed E-state index contributed by atoms with van der Waals surface area (Å²) in [6.07, 6.45) is 6.97. The number of carbonyl (C=O) groups is 5. The summed E-state index contributed by atoms with van der Waals surface area (Å²) >= 11 is 0. The molecule has 4 aliphatic rings. The van der Waals surface area contributed by atoms with Gasteiger partial charge < -0.3 is 39.5 Å². The van der Waals surface area contributed by atoms with E-state index in [1.807, 2.05) is 32.0 Å². The largest absolute Gasteiger partial charge is 0.483 e. The molecule has 3 saturated heterocycles. The van der Waals surface area contributed by atoms with Crippen molar-refractivity contribution in [2.45, 2.75) is 89.8 Å². The minimum atomic E-state index is -0.821. The molecule has 3 aliphatic heterocycles. The van der Waals surface area contributed by atoms with Gasteiger partial charge in [0.05, 0.1) is 12.1 Å². The van der Waals surface area contributed by atoms with Crippen molar-refractivity contribution >= 4 is 40.6 Å². The molecule has 1 unspecified atom stereocenters. The first-order valence-electron chi connectivity index (χ1n) is 18.9. The number of fused-ring (bicyclic) bond motifs is 1. The molecule has 0 spiro atoms. The van der Waals surface area contributed by atoms with E-state index in [9.17, 15) is 24.0 Å². The van der Waals surface area contributed by atoms with Crippen LogP contribution in [0.2, 0.25) is 0 Å². The monoisotopic (exact) mass is 720 g/mol. The average molecular weight is 721 g/mol. The third-order valence-electron chi connectivity index (χ3n) is 10.7. The number of likely N-dealkylation sites (tertiary alicyclic amines) is 1. The van der Waals surface area contributed by atoms with Crippen molar-refractivity contribution < 1.29 is 38.2 Å². The zero-order chi connectivity index (χ0) is 36.6. The second-order valence-electron chi connectivity index (χ2n) is 14.4. The molecular weight excluding hydrogens is 668 g/mol. The van der Waals surface area contributed by atoms with E-state index in [1.165, 1.54) is 6.07 Å². The lowest BCUT2D eigenvalue weighted by Crippen LogP contribution is -2.58. The van der Waals surface area contributed by atoms with E-state index in [4.69, 9.17) is 14.2 Å². The lowest BCUT2D eigenvalue weighted by molar-refractivity contribution is -0.140. The van der Waals surface area contributed by atoms with Crippen molar-refractivity contribution in [2.24, 2.45) is 5.92 Å². The molecule has 1 aromatic carbocycles. The first-order chi connectivity index (χ1) is 25.2. The second kappa shape index (κ2) is 17.4. The van der Waals surface area contributed by atoms with Gasteiger partial charge in [-0.3, -0.25) is 19.2 Å². The number of benzene rings is 1. The molecule has 1 saturated carbocycles. The Hall–Kier alpha value is -4.46. The van der Waals surface area contributed by atoms with Crippen LogP contribution in [0.1, 0.15) is 80.8 Å². The number of aromatic nitrogens is 1. The number of amides is 5. The molecule has 2 atom stereocenters. The number of hydrogen-bond acceptors (Lipinski definition) is 9. The van der Waals surface area contributed by atoms with Gasteiger partial charge in [0.2, 0.25) is 11.8 Å². The first-order valence-corrected chi connectivity index (χ1v) is 18.9. The van der Waals surface area contributed by atoms with Crippen LogP contribution in [0.25, 0.3) is 10.9 Å². The van der Waals surface area contributed by atoms with Crippen LogP contribution in [0.3, 0.4) is 0 Å². The van der Waals surface area contributed by atoms with Crippen molar-refractivity contribution in [3.63, 3.8) is 0 Å². The fourth-order valence-electron chi connectivity index (χ4n) is 7.30. The summed E-state index contributed by atoms with van der Waals surface area (Å²) in [6.45, 7) is 6.83. The summed E-state index contributed by atoms with van der Waals surface area (Å²) in [7, 11) is 0. The molecule has 0 radical (unpaired) electrons. The van der Waals surface area contributed by atoms with Crippen molar-refractivity contribution in [3.05, 3.63) is 35.5 Å². The van der Waals surface area contributed by atoms with Crippen LogP contribution in [0, 0.1) is 12.8 Å². The molecular formula is C38H52N6O8. The number of nitrogens with one attached hydrogen (secondary N) is 2. The van der Waals surface area contributed by atoms with Crippen LogP contribution in [0.15, 0.2) is 24.3 Å². The maximum absolute atomic E-state index is 14.1. The number of nitrogens with zero attached hydrogens (tertiary/aromatic N) is 4. The maximum Gasteiger partial charge on any atom is 0.409 e. The zero-order valence-electron chi connectivity index (χ0n) is 30.4. The predicted octanol–water partition coefficient (Wildman–Crippen LogP) is 3.19. The Morgan fingerprint density at radius 1 is 0.942 bits per heavy atom. The summed E-state index contributed by atoms with van der Waals surface area (Å²) in [6, 6.07) is 5.96. The quantitative estimate of drug-likeness (QED) is 0.314. The second-order valence-corrected chi connectivity index (χ2v) is 14.4. The maximum atomic E-state index is 14.1. The minimum Gasteiger partial charge on any atom is -0.483 e. The van der Waals surface area contributed by atoms with E-state index in [0.29, 0.717) is 88.5 Å². The topological polar surface area (TPSA) is 160 Å². The molecule has 0 bridgehead atoms. The third kappa shape index (κ3) is 8.94. The van der Waals surface area contributed by atoms with Gasteiger partial charge in [-0.2, -0.15) is 0 Å². The molecule has 14 nitrogen and oxygen atoms in total. The van der Waals surface area contributed by atoms with Crippen molar-refractivity contribution in [1.82, 2.24) is 30.3 Å². The van der Waals surface area contributed by atoms with Gasteiger partial charge in [0, 0.05) is 63.4 Å². The van der Waals surface area contributed by atoms with Gasteiger partial charge in [0.1, 0.15) is 23.5 Å². The molecule has 282 valence electrons. The summed E-state index contributed by atoms with van der Waals surface area (Å²) in [5.74, 6) is -0.981. The lowest BCUT2D eigenvalue weighted by atomic mass is 9.90. The Bertz CT molecular complexity index is 1620. The van der Waals surface area contributed by atoms with Crippen molar-refractivity contribution in [1.29, 1.82) is 0 Å². The molecule has 2 aromatic rings. The van der Waals surface area contributed by atoms with Gasteiger partial charge in [0.15, 0.2) is 6.61 Å². The SMILES string of the molecule is CCCCOC(=O)N1CCN(C(=O)C(NC(=O)c2cc(OCC(=O)N3CCC[C@H]3C(=O)NC3CCC3)c3ccc(C)cc3n2)C2CCOCC2)CC1. The first kappa shape index (κ1) is 37.3. The summed E-state index contributed by atoms with van der Waals surface area (Å²) < 4.78 is 17.0. The number of ether oxygens (including phenoxy) is 3. The van der Waals surface area contributed by atoms with Gasteiger partial charge in [-0.15, -0.1) is 0 Å². The summed E-state index contributed by atoms with van der Waals surface area (Å²) in [5, 5.41) is 6.71. The predicted molar refractivity (Wildman–Crippen MR) is 192 cm³/mol. The number of rotatable bonds is 12. The van der Waals surface area contributed by atoms with Crippen LogP contribution < -0.4 is 15.4 Å². The van der Waals surface area contributed by atoms with Crippen LogP contribution >= 0.6 is 0 Å². The standard InChI is InChI=1S/C38H52N6O8/c1-3-4-19-51-38(49)43-17-15-42(16-18-43)37(48)34(26-12-20-50-21-13-26)41-35(46)30-23-32(28-11-10-25(2)22-29(28)40-30)52-24-33(45)44-14-6-9-31(44)36(47)39-27-7-5-8-27/h10-11,22-23,26-27,31,34H,3-9,12-21,24H2,1-2H3,(H,39,47)(H,41,46)/t31-,34?/m0/s1. The minimum absolute atomic E-state index is 0.0592. The molecule has 6 rings (SSSR count). The van der Waals surface area contributed by atoms with E-state index >= 15 is 0 Å². The highest BCUT2D eigenvalue weighted by Crippen LogP contribution is 2.29. The Balaban J connectivity index is 1.15. The zero-order valence-corrected chi connectivity index (χ0v) is 30.4. The smallest absolute Gasteiger partial charge is 0.409 e. The van der Waals surface area contributed by atoms with Crippen LogP contribution in [0.5, 0.6) is 5.75 Å². The summed E-state index contributed by atoms with van der Waals surface area (Å²) in [4.78, 5) is 76.5. The molecule has 1 aromatic heterocycles. The molecule has 4 fully saturated rings. The highest BCUT2D eigenvalue weighted by Gasteiger charge is 2.38. The number of pyridine rings is 1. The molecule has 1 aliphatic carbocycles. The van der Waals surface area contributed by atoms with Crippen molar-refractivity contribution in [3.8, 4) is 5.75 Å². The number of carbonyl (C=O) groups excluding carboxylic acids is 5. The Morgan fingerprint density at radius 2 is 1.69 bits per heavy atom. The van der Waals surface area contributed by atoms with E-state index in [1.54, 1.807) is 14.7 Å². The van der Waals surface area contributed by atoms with Gasteiger partial charge in [0.25, 0.3) is 11.8 Å². The number of hydrogen-bond donors (Lipinski definition) is 2. The average Bonchev–Trinajstić information content (AvgIpc) is 3.64. The number of unbranched alkanes of at least 4 members (excludes halogenated alkanes) is 1. The Kier molecular flexibility index (Phi) is 12.5. The lowest BCUT2D eigenvalue weighted by Gasteiger charge is -2.38. The molecule has 5 amide bonds. The Labute approximate surface area is 304 Å². The van der Waals surface area contributed by atoms with Gasteiger partial charge in [-0.1, -0.05) is 19.4 Å². The highest BCUT2D eigenvalue weighted by atomic mass is 16.6. The van der Waals surface area contributed by atoms with Gasteiger partial charge in [-0.25, -0.2) is 9.78 Å². The van der Waals surface area contributed by atoms with Gasteiger partial charge >= 0.3 is 6.09 Å². The normalized spacial score (nSPS) is 20.3. The van der Waals surface area contributed by atoms with E-state index in [0.717, 1.165) is 44.1 Å². The fourth-order valence-corrected chi connectivity index (χ4v) is 7.30. The molecule has 52 heavy (non-hydrogen) atoms. The Morgan fingerprint density at radius 3 is 2.40 bits per heavy atom. The molecule has 14 heteroatoms. The van der Waals surface area contributed by atoms with Crippen molar-refractivity contribution in [2.75, 3.05) is 59.2 Å². The van der Waals surface area contributed by atoms with Crippen LogP contribution in [-0.4, -0.2) is 127 Å². The summed E-state index contributed by atoms with van der Waals surface area (Å²) in [5.41, 5.74) is 1.51. The van der Waals surface area contributed by atoms with Gasteiger partial charge in [-0.05, 0) is 81.9 Å². The molecule has 2 N–H and O–H groups in total. The molecule has 4 heterocycles.